The fraction of sp³-hybridized carbons (Fsp3) is 0.438. The first-order chi connectivity index (χ1) is 10.1. The van der Waals surface area contributed by atoms with E-state index in [0.717, 1.165) is 47.8 Å². The van der Waals surface area contributed by atoms with Crippen molar-refractivity contribution >= 4 is 16.9 Å². The van der Waals surface area contributed by atoms with Crippen molar-refractivity contribution in [2.75, 3.05) is 13.1 Å². The summed E-state index contributed by atoms with van der Waals surface area (Å²) in [5, 5.41) is 10.3. The van der Waals surface area contributed by atoms with E-state index in [9.17, 15) is 9.90 Å². The van der Waals surface area contributed by atoms with Crippen LogP contribution in [0.1, 0.15) is 34.8 Å². The molecule has 0 aliphatic heterocycles. The van der Waals surface area contributed by atoms with Crippen molar-refractivity contribution in [3.63, 3.8) is 0 Å². The molecule has 0 radical (unpaired) electrons. The third-order valence-electron chi connectivity index (χ3n) is 3.78. The minimum Gasteiger partial charge on any atom is -0.478 e. The largest absolute Gasteiger partial charge is 0.478 e. The van der Waals surface area contributed by atoms with Crippen molar-refractivity contribution in [2.45, 2.75) is 32.7 Å². The van der Waals surface area contributed by atoms with Gasteiger partial charge in [-0.1, -0.05) is 6.92 Å². The van der Waals surface area contributed by atoms with E-state index in [-0.39, 0.29) is 0 Å². The lowest BCUT2D eigenvalue weighted by Crippen LogP contribution is -2.09. The van der Waals surface area contributed by atoms with Gasteiger partial charge in [0.25, 0.3) is 0 Å². The lowest BCUT2D eigenvalue weighted by Gasteiger charge is -2.09. The van der Waals surface area contributed by atoms with Gasteiger partial charge in [-0.15, -0.1) is 0 Å². The first-order valence-corrected chi connectivity index (χ1v) is 7.40. The number of hydrogen-bond donors (Lipinski definition) is 3. The molecule has 1 aromatic carbocycles. The monoisotopic (exact) mass is 289 g/mol. The molecular weight excluding hydrogens is 266 g/mol. The van der Waals surface area contributed by atoms with E-state index in [0.29, 0.717) is 18.7 Å². The summed E-state index contributed by atoms with van der Waals surface area (Å²) in [5.74, 6) is -0.886. The Morgan fingerprint density at radius 1 is 1.24 bits per heavy atom. The zero-order valence-electron chi connectivity index (χ0n) is 12.4. The lowest BCUT2D eigenvalue weighted by molar-refractivity contribution is 0.0697. The van der Waals surface area contributed by atoms with Crippen molar-refractivity contribution in [1.29, 1.82) is 0 Å². The summed E-state index contributed by atoms with van der Waals surface area (Å²) in [4.78, 5) is 11.3. The van der Waals surface area contributed by atoms with Crippen LogP contribution in [-0.2, 0) is 19.4 Å². The molecule has 0 saturated carbocycles. The molecule has 2 aromatic rings. The maximum Gasteiger partial charge on any atom is 0.335 e. The molecule has 0 saturated heterocycles. The molecule has 0 amide bonds. The number of rotatable bonds is 7. The molecule has 5 heteroatoms. The molecule has 0 atom stereocenters. The Hall–Kier alpha value is -1.85. The third-order valence-corrected chi connectivity index (χ3v) is 3.78. The van der Waals surface area contributed by atoms with Crippen molar-refractivity contribution in [3.05, 3.63) is 35.0 Å². The number of aryl methyl sites for hydroxylation is 2. The number of benzene rings is 1. The van der Waals surface area contributed by atoms with Crippen LogP contribution in [0.4, 0.5) is 0 Å². The maximum absolute atomic E-state index is 11.3. The van der Waals surface area contributed by atoms with Crippen molar-refractivity contribution in [2.24, 2.45) is 11.5 Å². The molecule has 0 spiro atoms. The third kappa shape index (κ3) is 3.09. The highest BCUT2D eigenvalue weighted by atomic mass is 16.4. The second-order valence-corrected chi connectivity index (χ2v) is 5.22. The van der Waals surface area contributed by atoms with E-state index in [1.807, 2.05) is 6.92 Å². The molecule has 5 N–H and O–H groups in total. The van der Waals surface area contributed by atoms with Crippen LogP contribution in [-0.4, -0.2) is 28.7 Å². The Labute approximate surface area is 124 Å². The van der Waals surface area contributed by atoms with Crippen LogP contribution in [0.5, 0.6) is 0 Å². The molecule has 0 fully saturated rings. The minimum atomic E-state index is -0.886. The average molecular weight is 289 g/mol. The quantitative estimate of drug-likeness (QED) is 0.723. The number of nitrogens with zero attached hydrogens (tertiary/aromatic N) is 1. The van der Waals surface area contributed by atoms with Crippen LogP contribution in [0.3, 0.4) is 0 Å². The first-order valence-electron chi connectivity index (χ1n) is 7.40. The number of hydrogen-bond acceptors (Lipinski definition) is 3. The molecule has 0 aliphatic carbocycles. The minimum absolute atomic E-state index is 0.346. The highest BCUT2D eigenvalue weighted by Gasteiger charge is 2.15. The molecule has 1 heterocycles. The molecular formula is C16H23N3O2. The van der Waals surface area contributed by atoms with E-state index in [1.165, 1.54) is 0 Å². The Kier molecular flexibility index (Phi) is 4.98. The van der Waals surface area contributed by atoms with Gasteiger partial charge in [-0.2, -0.15) is 0 Å². The van der Waals surface area contributed by atoms with E-state index in [2.05, 4.69) is 10.8 Å². The summed E-state index contributed by atoms with van der Waals surface area (Å²) >= 11 is 0. The molecule has 0 unspecified atom stereocenters. The zero-order chi connectivity index (χ0) is 15.4. The fourth-order valence-corrected chi connectivity index (χ4v) is 2.80. The van der Waals surface area contributed by atoms with Gasteiger partial charge in [-0.3, -0.25) is 0 Å². The van der Waals surface area contributed by atoms with Gasteiger partial charge in [-0.05, 0) is 49.1 Å². The van der Waals surface area contributed by atoms with E-state index in [1.54, 1.807) is 12.1 Å². The SMILES string of the molecule is CCc1cc(C(=O)O)cc2c(CCCN)cn(CCN)c12. The molecule has 5 nitrogen and oxygen atoms in total. The lowest BCUT2D eigenvalue weighted by atomic mass is 10.0. The maximum atomic E-state index is 11.3. The summed E-state index contributed by atoms with van der Waals surface area (Å²) in [6.07, 6.45) is 4.64. The van der Waals surface area contributed by atoms with Crippen LogP contribution in [0.25, 0.3) is 10.9 Å². The zero-order valence-corrected chi connectivity index (χ0v) is 12.4. The standard InChI is InChI=1S/C16H23N3O2/c1-2-11-8-13(16(20)21)9-14-12(4-3-5-17)10-19(7-6-18)15(11)14/h8-10H,2-7,17-18H2,1H3,(H,20,21). The highest BCUT2D eigenvalue weighted by molar-refractivity contribution is 5.96. The van der Waals surface area contributed by atoms with Crippen molar-refractivity contribution < 1.29 is 9.90 Å². The predicted octanol–water partition coefficient (Wildman–Crippen LogP) is 1.75. The number of carboxylic acid groups (broad SMARTS) is 1. The number of carbonyl (C=O) groups is 1. The van der Waals surface area contributed by atoms with Crippen LogP contribution in [0.15, 0.2) is 18.3 Å². The topological polar surface area (TPSA) is 94.3 Å². The van der Waals surface area contributed by atoms with E-state index in [4.69, 9.17) is 11.5 Å². The molecule has 0 bridgehead atoms. The number of nitrogens with two attached hydrogens (primary N) is 2. The molecule has 1 aromatic heterocycles. The van der Waals surface area contributed by atoms with Gasteiger partial charge in [-0.25, -0.2) is 4.79 Å². The van der Waals surface area contributed by atoms with Crippen molar-refractivity contribution in [1.82, 2.24) is 4.57 Å². The van der Waals surface area contributed by atoms with Crippen LogP contribution < -0.4 is 11.5 Å². The second kappa shape index (κ2) is 6.74. The summed E-state index contributed by atoms with van der Waals surface area (Å²) in [6.45, 7) is 3.96. The summed E-state index contributed by atoms with van der Waals surface area (Å²) in [7, 11) is 0. The Balaban J connectivity index is 2.67. The van der Waals surface area contributed by atoms with Gasteiger partial charge in [0.1, 0.15) is 0 Å². The van der Waals surface area contributed by atoms with Gasteiger partial charge in [0, 0.05) is 24.7 Å². The van der Waals surface area contributed by atoms with Crippen LogP contribution in [0.2, 0.25) is 0 Å². The number of aromatic carboxylic acids is 1. The average Bonchev–Trinajstić information content (AvgIpc) is 2.82. The van der Waals surface area contributed by atoms with Gasteiger partial charge >= 0.3 is 5.97 Å². The Bertz CT molecular complexity index is 646. The van der Waals surface area contributed by atoms with Gasteiger partial charge < -0.3 is 21.1 Å². The molecule has 21 heavy (non-hydrogen) atoms. The first kappa shape index (κ1) is 15.5. The fourth-order valence-electron chi connectivity index (χ4n) is 2.80. The van der Waals surface area contributed by atoms with Gasteiger partial charge in [0.15, 0.2) is 0 Å². The summed E-state index contributed by atoms with van der Waals surface area (Å²) in [6, 6.07) is 3.54. The normalized spacial score (nSPS) is 11.2. The summed E-state index contributed by atoms with van der Waals surface area (Å²) < 4.78 is 2.14. The van der Waals surface area contributed by atoms with Gasteiger partial charge in [0.05, 0.1) is 11.1 Å². The molecule has 0 aliphatic rings. The van der Waals surface area contributed by atoms with Crippen molar-refractivity contribution in [3.8, 4) is 0 Å². The highest BCUT2D eigenvalue weighted by Crippen LogP contribution is 2.28. The Morgan fingerprint density at radius 3 is 2.57 bits per heavy atom. The smallest absolute Gasteiger partial charge is 0.335 e. The Morgan fingerprint density at radius 2 is 2.00 bits per heavy atom. The molecule has 114 valence electrons. The van der Waals surface area contributed by atoms with Crippen LogP contribution >= 0.6 is 0 Å². The number of aromatic nitrogens is 1. The van der Waals surface area contributed by atoms with E-state index >= 15 is 0 Å². The predicted molar refractivity (Wildman–Crippen MR) is 84.7 cm³/mol. The molecule has 2 rings (SSSR count). The van der Waals surface area contributed by atoms with Gasteiger partial charge in [0.2, 0.25) is 0 Å². The van der Waals surface area contributed by atoms with Crippen LogP contribution in [0, 0.1) is 0 Å². The number of carboxylic acids is 1. The number of fused-ring (bicyclic) bond motifs is 1. The second-order valence-electron chi connectivity index (χ2n) is 5.22. The summed E-state index contributed by atoms with van der Waals surface area (Å²) in [5.41, 5.74) is 15.0. The van der Waals surface area contributed by atoms with E-state index < -0.39 is 5.97 Å².